The van der Waals surface area contributed by atoms with Crippen LogP contribution in [0.3, 0.4) is 0 Å². The molecule has 1 N–H and O–H groups in total. The van der Waals surface area contributed by atoms with Gasteiger partial charge < -0.3 is 5.32 Å². The van der Waals surface area contributed by atoms with E-state index in [1.165, 1.54) is 18.2 Å². The number of anilines is 1. The molecular weight excluding hydrogens is 332 g/mol. The molecule has 0 aliphatic heterocycles. The molecule has 0 amide bonds. The molecule has 2 rings (SSSR count). The van der Waals surface area contributed by atoms with E-state index in [4.69, 9.17) is 11.6 Å². The molecule has 0 saturated heterocycles. The zero-order valence-corrected chi connectivity index (χ0v) is 12.1. The van der Waals surface area contributed by atoms with Crippen LogP contribution in [0.25, 0.3) is 0 Å². The summed E-state index contributed by atoms with van der Waals surface area (Å²) in [5.74, 6) is 0. The van der Waals surface area contributed by atoms with Crippen molar-refractivity contribution in [2.24, 2.45) is 0 Å². The fourth-order valence-electron chi connectivity index (χ4n) is 1.59. The number of hydrogen-bond acceptors (Lipinski definition) is 3. The average Bonchev–Trinajstić information content (AvgIpc) is 2.39. The number of rotatable bonds is 4. The van der Waals surface area contributed by atoms with Crippen molar-refractivity contribution < 1.29 is 4.92 Å². The fourth-order valence-corrected chi connectivity index (χ4v) is 2.20. The molecule has 0 heterocycles. The Morgan fingerprint density at radius 2 is 2.00 bits per heavy atom. The molecule has 0 unspecified atom stereocenters. The quantitative estimate of drug-likeness (QED) is 0.652. The highest BCUT2D eigenvalue weighted by Gasteiger charge is 2.09. The Hall–Kier alpha value is -1.59. The SMILES string of the molecule is O=[N+]([O-])c1ccc(Cl)c(NCc2ccccc2Br)c1. The number of nitrogens with zero attached hydrogens (tertiary/aromatic N) is 1. The van der Waals surface area contributed by atoms with Gasteiger partial charge in [0.05, 0.1) is 15.6 Å². The topological polar surface area (TPSA) is 55.2 Å². The minimum absolute atomic E-state index is 0.0130. The molecule has 0 spiro atoms. The third-order valence-corrected chi connectivity index (χ3v) is 3.69. The predicted octanol–water partition coefficient (Wildman–Crippen LogP) is 4.62. The minimum atomic E-state index is -0.445. The van der Waals surface area contributed by atoms with E-state index in [0.717, 1.165) is 10.0 Å². The molecule has 19 heavy (non-hydrogen) atoms. The number of nitrogens with one attached hydrogen (secondary N) is 1. The molecule has 98 valence electrons. The maximum atomic E-state index is 10.7. The van der Waals surface area contributed by atoms with E-state index in [1.54, 1.807) is 0 Å². The normalized spacial score (nSPS) is 10.2. The van der Waals surface area contributed by atoms with E-state index in [1.807, 2.05) is 24.3 Å². The summed E-state index contributed by atoms with van der Waals surface area (Å²) < 4.78 is 0.976. The second-order valence-electron chi connectivity index (χ2n) is 3.87. The van der Waals surface area contributed by atoms with E-state index in [9.17, 15) is 10.1 Å². The Kier molecular flexibility index (Phi) is 4.39. The van der Waals surface area contributed by atoms with Crippen molar-refractivity contribution in [3.63, 3.8) is 0 Å². The highest BCUT2D eigenvalue weighted by Crippen LogP contribution is 2.27. The number of halogens is 2. The summed E-state index contributed by atoms with van der Waals surface area (Å²) in [5, 5.41) is 14.3. The molecule has 0 bridgehead atoms. The van der Waals surface area contributed by atoms with Crippen LogP contribution in [0, 0.1) is 10.1 Å². The highest BCUT2D eigenvalue weighted by atomic mass is 79.9. The summed E-state index contributed by atoms with van der Waals surface area (Å²) in [7, 11) is 0. The molecular formula is C13H10BrClN2O2. The number of nitro benzene ring substituents is 1. The summed E-state index contributed by atoms with van der Waals surface area (Å²) in [5.41, 5.74) is 1.61. The summed E-state index contributed by atoms with van der Waals surface area (Å²) in [6.45, 7) is 0.530. The van der Waals surface area contributed by atoms with Crippen molar-refractivity contribution in [3.05, 3.63) is 67.6 Å². The van der Waals surface area contributed by atoms with Gasteiger partial charge in [-0.05, 0) is 17.7 Å². The minimum Gasteiger partial charge on any atom is -0.380 e. The highest BCUT2D eigenvalue weighted by molar-refractivity contribution is 9.10. The molecule has 0 aliphatic rings. The van der Waals surface area contributed by atoms with E-state index in [0.29, 0.717) is 17.3 Å². The smallest absolute Gasteiger partial charge is 0.271 e. The Morgan fingerprint density at radius 3 is 2.68 bits per heavy atom. The largest absolute Gasteiger partial charge is 0.380 e. The van der Waals surface area contributed by atoms with E-state index >= 15 is 0 Å². The van der Waals surface area contributed by atoms with Gasteiger partial charge in [-0.15, -0.1) is 0 Å². The maximum Gasteiger partial charge on any atom is 0.271 e. The van der Waals surface area contributed by atoms with Crippen molar-refractivity contribution in [1.82, 2.24) is 0 Å². The molecule has 0 aromatic heterocycles. The summed E-state index contributed by atoms with van der Waals surface area (Å²) in [4.78, 5) is 10.3. The molecule has 2 aromatic rings. The Morgan fingerprint density at radius 1 is 1.26 bits per heavy atom. The van der Waals surface area contributed by atoms with Crippen molar-refractivity contribution in [1.29, 1.82) is 0 Å². The Labute approximate surface area is 123 Å². The predicted molar refractivity (Wildman–Crippen MR) is 79.6 cm³/mol. The monoisotopic (exact) mass is 340 g/mol. The average molecular weight is 342 g/mol. The maximum absolute atomic E-state index is 10.7. The van der Waals surface area contributed by atoms with Gasteiger partial charge >= 0.3 is 0 Å². The van der Waals surface area contributed by atoms with Crippen molar-refractivity contribution in [3.8, 4) is 0 Å². The Bertz CT molecular complexity index is 619. The first-order valence-electron chi connectivity index (χ1n) is 5.49. The van der Waals surface area contributed by atoms with E-state index in [2.05, 4.69) is 21.2 Å². The lowest BCUT2D eigenvalue weighted by Gasteiger charge is -2.09. The van der Waals surface area contributed by atoms with Crippen molar-refractivity contribution >= 4 is 38.9 Å². The van der Waals surface area contributed by atoms with Crippen LogP contribution in [-0.2, 0) is 6.54 Å². The van der Waals surface area contributed by atoms with Gasteiger partial charge in [-0.1, -0.05) is 45.7 Å². The van der Waals surface area contributed by atoms with Crippen LogP contribution in [0.15, 0.2) is 46.9 Å². The van der Waals surface area contributed by atoms with Gasteiger partial charge in [0.15, 0.2) is 0 Å². The molecule has 0 fully saturated rings. The number of non-ortho nitro benzene ring substituents is 1. The second-order valence-corrected chi connectivity index (χ2v) is 5.13. The first-order valence-corrected chi connectivity index (χ1v) is 6.66. The number of benzene rings is 2. The molecule has 0 atom stereocenters. The first kappa shape index (κ1) is 13.8. The van der Waals surface area contributed by atoms with Crippen LogP contribution in [0.5, 0.6) is 0 Å². The van der Waals surface area contributed by atoms with Gasteiger partial charge in [0.2, 0.25) is 0 Å². The van der Waals surface area contributed by atoms with Gasteiger partial charge in [0.25, 0.3) is 5.69 Å². The lowest BCUT2D eigenvalue weighted by Crippen LogP contribution is -2.01. The Balaban J connectivity index is 2.17. The fraction of sp³-hybridized carbons (Fsp3) is 0.0769. The molecule has 4 nitrogen and oxygen atoms in total. The van der Waals surface area contributed by atoms with E-state index in [-0.39, 0.29) is 5.69 Å². The number of hydrogen-bond donors (Lipinski definition) is 1. The molecule has 0 saturated carbocycles. The number of nitro groups is 1. The lowest BCUT2D eigenvalue weighted by molar-refractivity contribution is -0.384. The zero-order valence-electron chi connectivity index (χ0n) is 9.77. The van der Waals surface area contributed by atoms with Gasteiger partial charge in [-0.25, -0.2) is 0 Å². The van der Waals surface area contributed by atoms with Gasteiger partial charge in [-0.3, -0.25) is 10.1 Å². The summed E-state index contributed by atoms with van der Waals surface area (Å²) in [6, 6.07) is 12.1. The second kappa shape index (κ2) is 6.04. The summed E-state index contributed by atoms with van der Waals surface area (Å²) >= 11 is 9.45. The lowest BCUT2D eigenvalue weighted by atomic mass is 10.2. The van der Waals surface area contributed by atoms with E-state index < -0.39 is 4.92 Å². The third kappa shape index (κ3) is 3.45. The first-order chi connectivity index (χ1) is 9.08. The van der Waals surface area contributed by atoms with Crippen LogP contribution in [0.2, 0.25) is 5.02 Å². The van der Waals surface area contributed by atoms with Gasteiger partial charge in [-0.2, -0.15) is 0 Å². The molecule has 2 aromatic carbocycles. The zero-order chi connectivity index (χ0) is 13.8. The third-order valence-electron chi connectivity index (χ3n) is 2.59. The standard InChI is InChI=1S/C13H10BrClN2O2/c14-11-4-2-1-3-9(11)8-16-13-7-10(17(18)19)5-6-12(13)15/h1-7,16H,8H2. The summed E-state index contributed by atoms with van der Waals surface area (Å²) in [6.07, 6.45) is 0. The van der Waals surface area contributed by atoms with Crippen LogP contribution >= 0.6 is 27.5 Å². The molecule has 6 heteroatoms. The molecule has 0 aliphatic carbocycles. The molecule has 0 radical (unpaired) electrons. The van der Waals surface area contributed by atoms with Crippen molar-refractivity contribution in [2.45, 2.75) is 6.54 Å². The van der Waals surface area contributed by atoms with Crippen LogP contribution in [0.4, 0.5) is 11.4 Å². The van der Waals surface area contributed by atoms with Crippen molar-refractivity contribution in [2.75, 3.05) is 5.32 Å². The van der Waals surface area contributed by atoms with Gasteiger partial charge in [0.1, 0.15) is 0 Å². The van der Waals surface area contributed by atoms with Crippen LogP contribution < -0.4 is 5.32 Å². The van der Waals surface area contributed by atoms with Crippen LogP contribution in [0.1, 0.15) is 5.56 Å². The van der Waals surface area contributed by atoms with Crippen LogP contribution in [-0.4, -0.2) is 4.92 Å². The van der Waals surface area contributed by atoms with Gasteiger partial charge in [0, 0.05) is 23.2 Å².